The van der Waals surface area contributed by atoms with E-state index in [-0.39, 0.29) is 12.2 Å². The van der Waals surface area contributed by atoms with Crippen LogP contribution in [0.2, 0.25) is 0 Å². The maximum Gasteiger partial charge on any atom is 0.319 e. The van der Waals surface area contributed by atoms with Gasteiger partial charge in [-0.15, -0.1) is 18.2 Å². The third kappa shape index (κ3) is 5.85. The molecule has 0 unspecified atom stereocenters. The van der Waals surface area contributed by atoms with Gasteiger partial charge in [-0.2, -0.15) is 0 Å². The van der Waals surface area contributed by atoms with Crippen LogP contribution in [-0.2, 0) is 14.3 Å². The van der Waals surface area contributed by atoms with Crippen LogP contribution in [-0.4, -0.2) is 35.2 Å². The summed E-state index contributed by atoms with van der Waals surface area (Å²) >= 11 is 1.18. The molecule has 0 heterocycles. The van der Waals surface area contributed by atoms with Gasteiger partial charge in [-0.1, -0.05) is 5.92 Å². The Morgan fingerprint density at radius 1 is 1.45 bits per heavy atom. The van der Waals surface area contributed by atoms with Crippen molar-refractivity contribution in [3.05, 3.63) is 34.4 Å². The number of terminal acetylenes is 1. The molecule has 0 aliphatic carbocycles. The van der Waals surface area contributed by atoms with Gasteiger partial charge in [-0.25, -0.2) is 0 Å². The Labute approximate surface area is 131 Å². The lowest BCUT2D eigenvalue weighted by atomic mass is 10.3. The summed E-state index contributed by atoms with van der Waals surface area (Å²) in [6.07, 6.45) is 4.98. The molecule has 7 nitrogen and oxygen atoms in total. The van der Waals surface area contributed by atoms with E-state index in [1.54, 1.807) is 19.1 Å². The minimum Gasteiger partial charge on any atom is -0.455 e. The van der Waals surface area contributed by atoms with Gasteiger partial charge in [0.1, 0.15) is 5.25 Å². The first-order valence-corrected chi connectivity index (χ1v) is 7.10. The molecule has 1 amide bonds. The van der Waals surface area contributed by atoms with E-state index in [0.29, 0.717) is 4.90 Å². The van der Waals surface area contributed by atoms with Crippen LogP contribution in [0.3, 0.4) is 0 Å². The van der Waals surface area contributed by atoms with E-state index in [4.69, 9.17) is 11.2 Å². The minimum absolute atomic E-state index is 0.0234. The zero-order chi connectivity index (χ0) is 16.5. The van der Waals surface area contributed by atoms with Gasteiger partial charge in [0, 0.05) is 17.0 Å². The molecule has 0 aromatic heterocycles. The van der Waals surface area contributed by atoms with Gasteiger partial charge >= 0.3 is 5.97 Å². The molecule has 22 heavy (non-hydrogen) atoms. The van der Waals surface area contributed by atoms with E-state index < -0.39 is 28.7 Å². The monoisotopic (exact) mass is 322 g/mol. The van der Waals surface area contributed by atoms with Crippen LogP contribution in [0.5, 0.6) is 0 Å². The Morgan fingerprint density at radius 3 is 2.64 bits per heavy atom. The molecule has 0 aliphatic heterocycles. The summed E-state index contributed by atoms with van der Waals surface area (Å²) in [7, 11) is 0. The van der Waals surface area contributed by atoms with Gasteiger partial charge in [-0.05, 0) is 19.1 Å². The molecule has 0 bridgehead atoms. The minimum atomic E-state index is -0.556. The fourth-order valence-electron chi connectivity index (χ4n) is 1.35. The summed E-state index contributed by atoms with van der Waals surface area (Å²) in [6.45, 7) is 1.29. The smallest absolute Gasteiger partial charge is 0.319 e. The topological polar surface area (TPSA) is 98.5 Å². The predicted octanol–water partition coefficient (Wildman–Crippen LogP) is 1.37. The maximum atomic E-state index is 11.7. The van der Waals surface area contributed by atoms with E-state index in [1.807, 2.05) is 0 Å². The summed E-state index contributed by atoms with van der Waals surface area (Å²) in [5, 5.41) is 12.4. The van der Waals surface area contributed by atoms with Crippen LogP contribution < -0.4 is 5.32 Å². The Hall–Kier alpha value is -2.53. The lowest BCUT2D eigenvalue weighted by Gasteiger charge is -2.10. The Bertz CT molecular complexity index is 594. The van der Waals surface area contributed by atoms with Crippen molar-refractivity contribution in [2.75, 3.05) is 13.2 Å². The second kappa shape index (κ2) is 8.69. The highest BCUT2D eigenvalue weighted by Crippen LogP contribution is 2.25. The van der Waals surface area contributed by atoms with Gasteiger partial charge in [-0.3, -0.25) is 19.7 Å². The molecule has 1 atom stereocenters. The van der Waals surface area contributed by atoms with Crippen molar-refractivity contribution >= 4 is 29.3 Å². The number of hydrogen-bond acceptors (Lipinski definition) is 6. The lowest BCUT2D eigenvalue weighted by Crippen LogP contribution is -2.30. The number of ether oxygens (including phenoxy) is 1. The SMILES string of the molecule is C#CCNC(=O)COC(=O)[C@@H](C)Sc1ccc([N+](=O)[O-])cc1. The third-order valence-corrected chi connectivity index (χ3v) is 3.52. The van der Waals surface area contributed by atoms with E-state index >= 15 is 0 Å². The summed E-state index contributed by atoms with van der Waals surface area (Å²) in [4.78, 5) is 33.7. The average molecular weight is 322 g/mol. The molecule has 1 aromatic carbocycles. The van der Waals surface area contributed by atoms with Crippen LogP contribution in [0.15, 0.2) is 29.2 Å². The highest BCUT2D eigenvalue weighted by molar-refractivity contribution is 8.00. The number of nitro benzene ring substituents is 1. The average Bonchev–Trinajstić information content (AvgIpc) is 2.50. The van der Waals surface area contributed by atoms with Crippen LogP contribution in [0, 0.1) is 22.5 Å². The highest BCUT2D eigenvalue weighted by atomic mass is 32.2. The second-order valence-electron chi connectivity index (χ2n) is 4.10. The highest BCUT2D eigenvalue weighted by Gasteiger charge is 2.17. The number of non-ortho nitro benzene ring substituents is 1. The largest absolute Gasteiger partial charge is 0.455 e. The summed E-state index contributed by atoms with van der Waals surface area (Å²) in [5.41, 5.74) is -0.0234. The molecule has 0 saturated heterocycles. The van der Waals surface area contributed by atoms with E-state index in [1.165, 1.54) is 23.9 Å². The molecule has 0 saturated carbocycles. The number of carbonyl (C=O) groups is 2. The van der Waals surface area contributed by atoms with Crippen molar-refractivity contribution in [1.29, 1.82) is 0 Å². The molecule has 8 heteroatoms. The van der Waals surface area contributed by atoms with Crippen molar-refractivity contribution in [2.45, 2.75) is 17.1 Å². The normalized spacial score (nSPS) is 11.1. The molecule has 0 radical (unpaired) electrons. The summed E-state index contributed by atoms with van der Waals surface area (Å²) in [6, 6.07) is 5.81. The molecule has 1 N–H and O–H groups in total. The van der Waals surface area contributed by atoms with Crippen molar-refractivity contribution in [2.24, 2.45) is 0 Å². The van der Waals surface area contributed by atoms with E-state index in [2.05, 4.69) is 11.2 Å². The standard InChI is InChI=1S/C14H14N2O5S/c1-3-8-15-13(17)9-21-14(18)10(2)22-12-6-4-11(5-7-12)16(19)20/h1,4-7,10H,8-9H2,2H3,(H,15,17)/t10-/m1/s1. The summed E-state index contributed by atoms with van der Waals surface area (Å²) < 4.78 is 4.85. The number of carbonyl (C=O) groups excluding carboxylic acids is 2. The number of amides is 1. The Balaban J connectivity index is 2.45. The van der Waals surface area contributed by atoms with Crippen LogP contribution in [0.1, 0.15) is 6.92 Å². The van der Waals surface area contributed by atoms with E-state index in [9.17, 15) is 19.7 Å². The first kappa shape index (κ1) is 17.5. The fraction of sp³-hybridized carbons (Fsp3) is 0.286. The number of nitro groups is 1. The van der Waals surface area contributed by atoms with Gasteiger partial charge < -0.3 is 10.1 Å². The molecular formula is C14H14N2O5S. The van der Waals surface area contributed by atoms with Crippen molar-refractivity contribution in [1.82, 2.24) is 5.32 Å². The number of rotatable bonds is 7. The molecular weight excluding hydrogens is 308 g/mol. The van der Waals surface area contributed by atoms with Crippen molar-refractivity contribution in [3.63, 3.8) is 0 Å². The van der Waals surface area contributed by atoms with Gasteiger partial charge in [0.05, 0.1) is 11.5 Å². The number of esters is 1. The Kier molecular flexibility index (Phi) is 6.92. The number of benzene rings is 1. The molecule has 0 aliphatic rings. The van der Waals surface area contributed by atoms with Gasteiger partial charge in [0.15, 0.2) is 6.61 Å². The second-order valence-corrected chi connectivity index (χ2v) is 5.51. The number of thioether (sulfide) groups is 1. The quantitative estimate of drug-likeness (QED) is 0.268. The van der Waals surface area contributed by atoms with Crippen LogP contribution in [0.25, 0.3) is 0 Å². The number of nitrogens with zero attached hydrogens (tertiary/aromatic N) is 1. The lowest BCUT2D eigenvalue weighted by molar-refractivity contribution is -0.384. The van der Waals surface area contributed by atoms with Gasteiger partial charge in [0.2, 0.25) is 0 Å². The first-order chi connectivity index (χ1) is 10.4. The van der Waals surface area contributed by atoms with Crippen molar-refractivity contribution in [3.8, 4) is 12.3 Å². The summed E-state index contributed by atoms with van der Waals surface area (Å²) in [5.74, 6) is 1.20. The molecule has 1 aromatic rings. The Morgan fingerprint density at radius 2 is 2.09 bits per heavy atom. The molecule has 0 fully saturated rings. The van der Waals surface area contributed by atoms with E-state index in [0.717, 1.165) is 0 Å². The predicted molar refractivity (Wildman–Crippen MR) is 81.2 cm³/mol. The van der Waals surface area contributed by atoms with Gasteiger partial charge in [0.25, 0.3) is 11.6 Å². The zero-order valence-electron chi connectivity index (χ0n) is 11.8. The zero-order valence-corrected chi connectivity index (χ0v) is 12.6. The maximum absolute atomic E-state index is 11.7. The van der Waals surface area contributed by atoms with Crippen LogP contribution >= 0.6 is 11.8 Å². The van der Waals surface area contributed by atoms with Crippen molar-refractivity contribution < 1.29 is 19.2 Å². The van der Waals surface area contributed by atoms with Crippen LogP contribution in [0.4, 0.5) is 5.69 Å². The number of nitrogens with one attached hydrogen (secondary N) is 1. The fourth-order valence-corrected chi connectivity index (χ4v) is 2.22. The molecule has 1 rings (SSSR count). The molecule has 116 valence electrons. The molecule has 0 spiro atoms. The first-order valence-electron chi connectivity index (χ1n) is 6.22. The number of hydrogen-bond donors (Lipinski definition) is 1. The third-order valence-electron chi connectivity index (χ3n) is 2.43.